The van der Waals surface area contributed by atoms with Crippen molar-refractivity contribution in [1.29, 1.82) is 0 Å². The van der Waals surface area contributed by atoms with E-state index >= 15 is 0 Å². The molecule has 1 aliphatic carbocycles. The van der Waals surface area contributed by atoms with Crippen molar-refractivity contribution in [2.75, 3.05) is 6.61 Å². The minimum Gasteiger partial charge on any atom is -0.396 e. The van der Waals surface area contributed by atoms with Crippen LogP contribution in [0.4, 0.5) is 0 Å². The van der Waals surface area contributed by atoms with Gasteiger partial charge in [0.05, 0.1) is 0 Å². The van der Waals surface area contributed by atoms with Crippen LogP contribution >= 0.6 is 0 Å². The van der Waals surface area contributed by atoms with E-state index in [0.717, 1.165) is 32.1 Å². The van der Waals surface area contributed by atoms with Gasteiger partial charge in [-0.1, -0.05) is 6.08 Å². The normalized spacial score (nSPS) is 16.4. The van der Waals surface area contributed by atoms with Crippen LogP contribution in [0.3, 0.4) is 0 Å². The molecule has 0 aromatic heterocycles. The van der Waals surface area contributed by atoms with Gasteiger partial charge in [-0.3, -0.25) is 4.79 Å². The molecular weight excluding hydrogens is 166 g/mol. The van der Waals surface area contributed by atoms with Gasteiger partial charge in [0.2, 0.25) is 5.91 Å². The number of aliphatic hydroxyl groups is 1. The molecule has 0 atom stereocenters. The second kappa shape index (κ2) is 5.75. The molecule has 1 saturated carbocycles. The van der Waals surface area contributed by atoms with E-state index < -0.39 is 0 Å². The van der Waals surface area contributed by atoms with E-state index in [-0.39, 0.29) is 18.4 Å². The zero-order valence-corrected chi connectivity index (χ0v) is 7.83. The molecule has 3 heteroatoms. The van der Waals surface area contributed by atoms with Crippen LogP contribution in [-0.2, 0) is 4.79 Å². The largest absolute Gasteiger partial charge is 0.396 e. The van der Waals surface area contributed by atoms with Gasteiger partial charge in [-0.15, -0.1) is 0 Å². The monoisotopic (exact) mass is 183 g/mol. The Morgan fingerprint density at radius 3 is 2.85 bits per heavy atom. The molecule has 0 saturated heterocycles. The maximum Gasteiger partial charge on any atom is 0.227 e. The lowest BCUT2D eigenvalue weighted by molar-refractivity contribution is -0.121. The Morgan fingerprint density at radius 1 is 1.46 bits per heavy atom. The number of rotatable bonds is 6. The Bertz CT molecular complexity index is 185. The third-order valence-electron chi connectivity index (χ3n) is 2.07. The molecule has 13 heavy (non-hydrogen) atoms. The molecule has 3 nitrogen and oxygen atoms in total. The summed E-state index contributed by atoms with van der Waals surface area (Å²) in [4.78, 5) is 11.1. The van der Waals surface area contributed by atoms with Gasteiger partial charge in [-0.2, -0.15) is 0 Å². The molecule has 1 amide bonds. The predicted octanol–water partition coefficient (Wildman–Crippen LogP) is 1.19. The quantitative estimate of drug-likeness (QED) is 0.608. The minimum absolute atomic E-state index is 0.151. The molecule has 0 spiro atoms. The molecule has 1 fully saturated rings. The molecule has 0 bridgehead atoms. The van der Waals surface area contributed by atoms with Crippen LogP contribution in [0.15, 0.2) is 12.3 Å². The first-order valence-corrected chi connectivity index (χ1v) is 4.91. The van der Waals surface area contributed by atoms with Crippen molar-refractivity contribution >= 4 is 5.91 Å². The second-order valence-electron chi connectivity index (χ2n) is 3.40. The fourth-order valence-corrected chi connectivity index (χ4v) is 1.06. The Labute approximate surface area is 78.8 Å². The standard InChI is InChI=1S/C10H17NO2/c12-8-4-2-1-3-7-11-10(13)9-5-6-9/h3,7,9,12H,1-2,4-6,8H2,(H,11,13). The van der Waals surface area contributed by atoms with Crippen molar-refractivity contribution in [1.82, 2.24) is 5.32 Å². The molecule has 1 rings (SSSR count). The van der Waals surface area contributed by atoms with Gasteiger partial charge in [0.15, 0.2) is 0 Å². The molecule has 0 aromatic carbocycles. The first kappa shape index (κ1) is 10.3. The summed E-state index contributed by atoms with van der Waals surface area (Å²) in [5.41, 5.74) is 0. The smallest absolute Gasteiger partial charge is 0.227 e. The third-order valence-corrected chi connectivity index (χ3v) is 2.07. The summed E-state index contributed by atoms with van der Waals surface area (Å²) in [7, 11) is 0. The highest BCUT2D eigenvalue weighted by atomic mass is 16.2. The third kappa shape index (κ3) is 4.68. The molecular formula is C10H17NO2. The topological polar surface area (TPSA) is 49.3 Å². The van der Waals surface area contributed by atoms with E-state index in [1.807, 2.05) is 6.08 Å². The van der Waals surface area contributed by atoms with Crippen molar-refractivity contribution in [3.8, 4) is 0 Å². The summed E-state index contributed by atoms with van der Waals surface area (Å²) in [6.45, 7) is 0.252. The lowest BCUT2D eigenvalue weighted by Crippen LogP contribution is -2.18. The molecule has 0 unspecified atom stereocenters. The number of allylic oxidation sites excluding steroid dienone is 1. The minimum atomic E-state index is 0.151. The number of unbranched alkanes of at least 4 members (excludes halogenated alkanes) is 2. The lowest BCUT2D eigenvalue weighted by atomic mass is 10.2. The summed E-state index contributed by atoms with van der Waals surface area (Å²) < 4.78 is 0. The molecule has 74 valence electrons. The van der Waals surface area contributed by atoms with Gasteiger partial charge in [0.25, 0.3) is 0 Å². The van der Waals surface area contributed by atoms with Crippen LogP contribution in [0.25, 0.3) is 0 Å². The number of carbonyl (C=O) groups is 1. The number of hydrogen-bond donors (Lipinski definition) is 2. The van der Waals surface area contributed by atoms with Crippen LogP contribution in [0.1, 0.15) is 32.1 Å². The van der Waals surface area contributed by atoms with Crippen molar-refractivity contribution in [2.24, 2.45) is 5.92 Å². The first-order chi connectivity index (χ1) is 6.34. The van der Waals surface area contributed by atoms with Gasteiger partial charge in [0, 0.05) is 12.5 Å². The van der Waals surface area contributed by atoms with Crippen LogP contribution in [-0.4, -0.2) is 17.6 Å². The maximum atomic E-state index is 11.1. The summed E-state index contributed by atoms with van der Waals surface area (Å²) in [6, 6.07) is 0. The Balaban J connectivity index is 1.94. The van der Waals surface area contributed by atoms with E-state index in [1.165, 1.54) is 0 Å². The summed E-state index contributed by atoms with van der Waals surface area (Å²) in [5, 5.41) is 11.2. The highest BCUT2D eigenvalue weighted by molar-refractivity contribution is 5.81. The Morgan fingerprint density at radius 2 is 2.23 bits per heavy atom. The molecule has 0 heterocycles. The summed E-state index contributed by atoms with van der Waals surface area (Å²) >= 11 is 0. The van der Waals surface area contributed by atoms with Crippen LogP contribution in [0.5, 0.6) is 0 Å². The first-order valence-electron chi connectivity index (χ1n) is 4.91. The fourth-order valence-electron chi connectivity index (χ4n) is 1.06. The van der Waals surface area contributed by atoms with Crippen LogP contribution in [0, 0.1) is 5.92 Å². The van der Waals surface area contributed by atoms with E-state index in [2.05, 4.69) is 5.32 Å². The van der Waals surface area contributed by atoms with Crippen molar-refractivity contribution in [3.05, 3.63) is 12.3 Å². The molecule has 1 aliphatic rings. The Kier molecular flexibility index (Phi) is 4.54. The van der Waals surface area contributed by atoms with E-state index in [4.69, 9.17) is 5.11 Å². The zero-order valence-electron chi connectivity index (χ0n) is 7.83. The van der Waals surface area contributed by atoms with Crippen molar-refractivity contribution in [2.45, 2.75) is 32.1 Å². The molecule has 0 aromatic rings. The predicted molar refractivity (Wildman–Crippen MR) is 50.9 cm³/mol. The SMILES string of the molecule is O=C(NC=CCCCCO)C1CC1. The van der Waals surface area contributed by atoms with Gasteiger partial charge < -0.3 is 10.4 Å². The molecule has 0 aliphatic heterocycles. The zero-order chi connectivity index (χ0) is 9.52. The Hall–Kier alpha value is -0.830. The maximum absolute atomic E-state index is 11.1. The van der Waals surface area contributed by atoms with Gasteiger partial charge in [-0.25, -0.2) is 0 Å². The van der Waals surface area contributed by atoms with Crippen LogP contribution < -0.4 is 5.32 Å². The molecule has 2 N–H and O–H groups in total. The number of carbonyl (C=O) groups excluding carboxylic acids is 1. The number of hydrogen-bond acceptors (Lipinski definition) is 2. The van der Waals surface area contributed by atoms with Gasteiger partial charge >= 0.3 is 0 Å². The molecule has 0 radical (unpaired) electrons. The van der Waals surface area contributed by atoms with Crippen molar-refractivity contribution in [3.63, 3.8) is 0 Å². The fraction of sp³-hybridized carbons (Fsp3) is 0.700. The number of aliphatic hydroxyl groups excluding tert-OH is 1. The van der Waals surface area contributed by atoms with Gasteiger partial charge in [-0.05, 0) is 38.3 Å². The summed E-state index contributed by atoms with van der Waals surface area (Å²) in [5.74, 6) is 0.431. The average Bonchev–Trinajstić information content (AvgIpc) is 2.93. The van der Waals surface area contributed by atoms with Crippen LogP contribution in [0.2, 0.25) is 0 Å². The number of nitrogens with one attached hydrogen (secondary N) is 1. The summed E-state index contributed by atoms with van der Waals surface area (Å²) in [6.07, 6.45) is 8.49. The van der Waals surface area contributed by atoms with Crippen molar-refractivity contribution < 1.29 is 9.90 Å². The second-order valence-corrected chi connectivity index (χ2v) is 3.40. The highest BCUT2D eigenvalue weighted by Gasteiger charge is 2.28. The van der Waals surface area contributed by atoms with Gasteiger partial charge in [0.1, 0.15) is 0 Å². The van der Waals surface area contributed by atoms with E-state index in [1.54, 1.807) is 6.20 Å². The average molecular weight is 183 g/mol. The number of amides is 1. The lowest BCUT2D eigenvalue weighted by Gasteiger charge is -1.95. The van der Waals surface area contributed by atoms with E-state index in [9.17, 15) is 4.79 Å². The van der Waals surface area contributed by atoms with E-state index in [0.29, 0.717) is 0 Å². The highest BCUT2D eigenvalue weighted by Crippen LogP contribution is 2.28.